The lowest BCUT2D eigenvalue weighted by Crippen LogP contribution is -2.47. The maximum absolute atomic E-state index is 11.7. The third-order valence-corrected chi connectivity index (χ3v) is 3.87. The number of nitrogens with zero attached hydrogens (tertiary/aromatic N) is 1. The van der Waals surface area contributed by atoms with E-state index in [-0.39, 0.29) is 0 Å². The lowest BCUT2D eigenvalue weighted by molar-refractivity contribution is 0.246. The summed E-state index contributed by atoms with van der Waals surface area (Å²) in [7, 11) is 0. The van der Waals surface area contributed by atoms with Crippen molar-refractivity contribution in [3.05, 3.63) is 59.7 Å². The first-order valence-electron chi connectivity index (χ1n) is 7.55. The molecule has 0 aliphatic heterocycles. The minimum atomic E-state index is -0.595. The van der Waals surface area contributed by atoms with Gasteiger partial charge in [0.05, 0.1) is 0 Å². The minimum absolute atomic E-state index is 0.412. The predicted octanol–water partition coefficient (Wildman–Crippen LogP) is 2.41. The van der Waals surface area contributed by atoms with Crippen LogP contribution in [-0.2, 0) is 6.61 Å². The van der Waals surface area contributed by atoms with Gasteiger partial charge in [0.1, 0.15) is 18.0 Å². The summed E-state index contributed by atoms with van der Waals surface area (Å²) in [5, 5.41) is 0.978. The molecule has 2 aromatic rings. The van der Waals surface area contributed by atoms with Gasteiger partial charge in [0.25, 0.3) is 0 Å². The molecule has 0 bridgehead atoms. The predicted molar refractivity (Wildman–Crippen MR) is 88.6 cm³/mol. The molecule has 1 fully saturated rings. The van der Waals surface area contributed by atoms with E-state index in [1.54, 1.807) is 6.07 Å². The van der Waals surface area contributed by atoms with Crippen LogP contribution in [0.4, 0.5) is 10.5 Å². The van der Waals surface area contributed by atoms with Crippen molar-refractivity contribution >= 4 is 11.7 Å². The molecule has 1 aliphatic rings. The molecule has 0 radical (unpaired) electrons. The number of ether oxygens (including phenoxy) is 1. The Morgan fingerprint density at radius 2 is 1.91 bits per heavy atom. The van der Waals surface area contributed by atoms with Gasteiger partial charge in [-0.05, 0) is 36.0 Å². The average molecular weight is 312 g/mol. The first-order valence-corrected chi connectivity index (χ1v) is 7.55. The van der Waals surface area contributed by atoms with E-state index in [0.717, 1.165) is 29.0 Å². The van der Waals surface area contributed by atoms with Gasteiger partial charge in [-0.3, -0.25) is 5.43 Å². The molecule has 0 unspecified atom stereocenters. The smallest absolute Gasteiger partial charge is 0.350 e. The van der Waals surface area contributed by atoms with Crippen LogP contribution in [0.3, 0.4) is 0 Å². The fourth-order valence-corrected chi connectivity index (χ4v) is 2.51. The Labute approximate surface area is 135 Å². The van der Waals surface area contributed by atoms with Gasteiger partial charge < -0.3 is 4.74 Å². The summed E-state index contributed by atoms with van der Waals surface area (Å²) in [6, 6.07) is 14.9. The van der Waals surface area contributed by atoms with Gasteiger partial charge in [0.2, 0.25) is 0 Å². The number of carbonyl (C=O) groups is 1. The number of hydrogen-bond donors (Lipinski definition) is 3. The van der Waals surface area contributed by atoms with Crippen LogP contribution in [0.1, 0.15) is 29.9 Å². The number of amides is 2. The molecule has 6 nitrogen and oxygen atoms in total. The van der Waals surface area contributed by atoms with E-state index in [1.165, 1.54) is 0 Å². The normalized spacial score (nSPS) is 13.5. The van der Waals surface area contributed by atoms with Crippen LogP contribution in [0.25, 0.3) is 0 Å². The molecule has 0 aromatic heterocycles. The third-order valence-electron chi connectivity index (χ3n) is 3.87. The summed E-state index contributed by atoms with van der Waals surface area (Å²) in [5.74, 6) is 12.2. The van der Waals surface area contributed by atoms with E-state index in [0.29, 0.717) is 24.0 Å². The van der Waals surface area contributed by atoms with Gasteiger partial charge in [-0.1, -0.05) is 42.5 Å². The van der Waals surface area contributed by atoms with Crippen molar-refractivity contribution in [2.24, 2.45) is 11.7 Å². The Kier molecular flexibility index (Phi) is 4.45. The Bertz CT molecular complexity index is 686. The summed E-state index contributed by atoms with van der Waals surface area (Å²) in [5.41, 5.74) is 4.68. The van der Waals surface area contributed by atoms with Crippen LogP contribution in [0.2, 0.25) is 0 Å². The van der Waals surface area contributed by atoms with E-state index >= 15 is 0 Å². The Hall–Kier alpha value is -2.57. The van der Waals surface area contributed by atoms with E-state index in [1.807, 2.05) is 47.9 Å². The van der Waals surface area contributed by atoms with Crippen molar-refractivity contribution in [1.29, 1.82) is 0 Å². The first-order chi connectivity index (χ1) is 11.2. The topological polar surface area (TPSA) is 93.6 Å². The van der Waals surface area contributed by atoms with E-state index in [9.17, 15) is 4.79 Å². The molecular formula is C17H20N4O2. The number of para-hydroxylation sites is 1. The Balaban J connectivity index is 1.90. The number of urea groups is 1. The van der Waals surface area contributed by atoms with Gasteiger partial charge >= 0.3 is 6.03 Å². The molecular weight excluding hydrogens is 292 g/mol. The summed E-state index contributed by atoms with van der Waals surface area (Å²) in [4.78, 5) is 11.7. The lowest BCUT2D eigenvalue weighted by atomic mass is 10.1. The van der Waals surface area contributed by atoms with Gasteiger partial charge in [-0.25, -0.2) is 21.5 Å². The molecule has 5 N–H and O–H groups in total. The second-order valence-corrected chi connectivity index (χ2v) is 5.56. The fraction of sp³-hybridized carbons (Fsp3) is 0.235. The van der Waals surface area contributed by atoms with Crippen molar-refractivity contribution in [3.63, 3.8) is 0 Å². The van der Waals surface area contributed by atoms with Gasteiger partial charge in [0, 0.05) is 0 Å². The number of nitrogens with two attached hydrogens (primary N) is 2. The Morgan fingerprint density at radius 3 is 2.57 bits per heavy atom. The number of benzene rings is 2. The molecule has 0 spiro atoms. The van der Waals surface area contributed by atoms with Gasteiger partial charge in [0.15, 0.2) is 0 Å². The quantitative estimate of drug-likeness (QED) is 0.449. The zero-order valence-corrected chi connectivity index (χ0v) is 12.7. The fourth-order valence-electron chi connectivity index (χ4n) is 2.51. The molecule has 3 rings (SSSR count). The Morgan fingerprint density at radius 1 is 1.17 bits per heavy atom. The van der Waals surface area contributed by atoms with Gasteiger partial charge in [-0.15, -0.1) is 0 Å². The van der Waals surface area contributed by atoms with Crippen LogP contribution >= 0.6 is 0 Å². The zero-order chi connectivity index (χ0) is 16.2. The summed E-state index contributed by atoms with van der Waals surface area (Å²) in [6.07, 6.45) is 2.25. The molecule has 2 amide bonds. The second-order valence-electron chi connectivity index (χ2n) is 5.56. The standard InChI is InChI=1S/C17H20N4O2/c18-20-17(22)21(19)15-8-4-7-14(13-9-10-13)16(15)23-11-12-5-2-1-3-6-12/h1-8,13H,9-11,18-19H2,(H,20,22). The van der Waals surface area contributed by atoms with E-state index in [2.05, 4.69) is 0 Å². The number of hydrogen-bond acceptors (Lipinski definition) is 4. The minimum Gasteiger partial charge on any atom is -0.486 e. The number of carbonyl (C=O) groups excluding carboxylic acids is 1. The van der Waals surface area contributed by atoms with Crippen molar-refractivity contribution in [2.45, 2.75) is 25.4 Å². The monoisotopic (exact) mass is 312 g/mol. The highest BCUT2D eigenvalue weighted by Crippen LogP contribution is 2.47. The summed E-state index contributed by atoms with van der Waals surface area (Å²) < 4.78 is 6.03. The molecule has 2 aromatic carbocycles. The third kappa shape index (κ3) is 3.44. The van der Waals surface area contributed by atoms with E-state index < -0.39 is 6.03 Å². The molecule has 0 saturated heterocycles. The van der Waals surface area contributed by atoms with Crippen molar-refractivity contribution in [1.82, 2.24) is 5.43 Å². The number of anilines is 1. The molecule has 120 valence electrons. The average Bonchev–Trinajstić information content (AvgIpc) is 3.44. The molecule has 23 heavy (non-hydrogen) atoms. The number of rotatable bonds is 5. The molecule has 6 heteroatoms. The van der Waals surface area contributed by atoms with Gasteiger partial charge in [-0.2, -0.15) is 0 Å². The van der Waals surface area contributed by atoms with Crippen LogP contribution < -0.4 is 26.9 Å². The largest absolute Gasteiger partial charge is 0.486 e. The maximum atomic E-state index is 11.7. The molecule has 1 saturated carbocycles. The zero-order valence-electron chi connectivity index (χ0n) is 12.7. The maximum Gasteiger partial charge on any atom is 0.350 e. The molecule has 1 aliphatic carbocycles. The van der Waals surface area contributed by atoms with Crippen LogP contribution in [0.5, 0.6) is 5.75 Å². The van der Waals surface area contributed by atoms with Crippen molar-refractivity contribution in [3.8, 4) is 5.75 Å². The van der Waals surface area contributed by atoms with Crippen LogP contribution in [-0.4, -0.2) is 6.03 Å². The SMILES string of the molecule is NNC(=O)N(N)c1cccc(C2CC2)c1OCc1ccccc1. The van der Waals surface area contributed by atoms with Crippen molar-refractivity contribution < 1.29 is 9.53 Å². The second kappa shape index (κ2) is 6.68. The van der Waals surface area contributed by atoms with Crippen LogP contribution in [0.15, 0.2) is 48.5 Å². The number of nitrogens with one attached hydrogen (secondary N) is 1. The molecule has 0 atom stereocenters. The van der Waals surface area contributed by atoms with Crippen LogP contribution in [0, 0.1) is 0 Å². The highest BCUT2D eigenvalue weighted by atomic mass is 16.5. The summed E-state index contributed by atoms with van der Waals surface area (Å²) >= 11 is 0. The van der Waals surface area contributed by atoms with E-state index in [4.69, 9.17) is 16.4 Å². The highest BCUT2D eigenvalue weighted by molar-refractivity contribution is 5.92. The van der Waals surface area contributed by atoms with Crippen molar-refractivity contribution in [2.75, 3.05) is 5.01 Å². The lowest BCUT2D eigenvalue weighted by Gasteiger charge is -2.22. The summed E-state index contributed by atoms with van der Waals surface area (Å²) in [6.45, 7) is 0.412. The molecule has 0 heterocycles. The first kappa shape index (κ1) is 15.3. The highest BCUT2D eigenvalue weighted by Gasteiger charge is 2.29. The number of hydrazine groups is 2.